The summed E-state index contributed by atoms with van der Waals surface area (Å²) in [5.74, 6) is 0.398. The van der Waals surface area contributed by atoms with Crippen molar-refractivity contribution in [1.82, 2.24) is 0 Å². The fourth-order valence-electron chi connectivity index (χ4n) is 2.73. The predicted molar refractivity (Wildman–Crippen MR) is 109 cm³/mol. The zero-order chi connectivity index (χ0) is 20.3. The molecule has 0 aromatic heterocycles. The van der Waals surface area contributed by atoms with Crippen LogP contribution in [0.1, 0.15) is 13.3 Å². The number of anilines is 2. The van der Waals surface area contributed by atoms with Gasteiger partial charge in [0.25, 0.3) is 0 Å². The number of sulfone groups is 1. The van der Waals surface area contributed by atoms with Crippen LogP contribution in [0.3, 0.4) is 0 Å². The monoisotopic (exact) mass is 420 g/mol. The first-order valence-corrected chi connectivity index (χ1v) is 11.1. The second-order valence-electron chi connectivity index (χ2n) is 6.33. The standard InChI is InChI=1S/C19H20N2O5S2/c1-12(9-18(22)20-13-3-5-14(26-2)6-4-13)28(24,25)15-7-8-17-16(10-15)21-19(23)11-27-17/h3-8,10,12H,9,11H2,1-2H3,(H,20,22)(H,21,23)/t12-/m0/s1. The average molecular weight is 421 g/mol. The van der Waals surface area contributed by atoms with E-state index in [0.29, 0.717) is 22.9 Å². The summed E-state index contributed by atoms with van der Waals surface area (Å²) in [6, 6.07) is 11.4. The maximum absolute atomic E-state index is 12.9. The summed E-state index contributed by atoms with van der Waals surface area (Å²) in [5.41, 5.74) is 1.04. The van der Waals surface area contributed by atoms with Gasteiger partial charge in [-0.25, -0.2) is 8.42 Å². The Balaban J connectivity index is 1.70. The number of thioether (sulfide) groups is 1. The fraction of sp³-hybridized carbons (Fsp3) is 0.263. The molecule has 3 rings (SSSR count). The van der Waals surface area contributed by atoms with Crippen LogP contribution >= 0.6 is 11.8 Å². The lowest BCUT2D eigenvalue weighted by Crippen LogP contribution is -2.25. The van der Waals surface area contributed by atoms with Crippen LogP contribution in [0.2, 0.25) is 0 Å². The van der Waals surface area contributed by atoms with Crippen LogP contribution in [-0.4, -0.2) is 38.3 Å². The first-order chi connectivity index (χ1) is 13.3. The van der Waals surface area contributed by atoms with E-state index < -0.39 is 21.0 Å². The second kappa shape index (κ2) is 8.24. The lowest BCUT2D eigenvalue weighted by Gasteiger charge is -2.18. The van der Waals surface area contributed by atoms with E-state index in [0.717, 1.165) is 4.90 Å². The van der Waals surface area contributed by atoms with Gasteiger partial charge in [-0.15, -0.1) is 11.8 Å². The number of carbonyl (C=O) groups excluding carboxylic acids is 2. The highest BCUT2D eigenvalue weighted by atomic mass is 32.2. The first-order valence-electron chi connectivity index (χ1n) is 8.54. The molecule has 1 aliphatic heterocycles. The summed E-state index contributed by atoms with van der Waals surface area (Å²) < 4.78 is 30.8. The van der Waals surface area contributed by atoms with Crippen molar-refractivity contribution in [3.05, 3.63) is 42.5 Å². The number of methoxy groups -OCH3 is 1. The summed E-state index contributed by atoms with van der Waals surface area (Å²) in [5, 5.41) is 4.44. The third-order valence-electron chi connectivity index (χ3n) is 4.29. The molecule has 1 heterocycles. The number of hydrogen-bond donors (Lipinski definition) is 2. The summed E-state index contributed by atoms with van der Waals surface area (Å²) in [4.78, 5) is 24.7. The molecule has 2 aromatic rings. The number of nitrogens with one attached hydrogen (secondary N) is 2. The van der Waals surface area contributed by atoms with Crippen LogP contribution in [0.5, 0.6) is 5.75 Å². The van der Waals surface area contributed by atoms with Gasteiger partial charge in [-0.3, -0.25) is 9.59 Å². The Kier molecular flexibility index (Phi) is 5.95. The minimum atomic E-state index is -3.73. The van der Waals surface area contributed by atoms with Gasteiger partial charge >= 0.3 is 0 Å². The highest BCUT2D eigenvalue weighted by molar-refractivity contribution is 8.00. The molecule has 148 valence electrons. The number of ether oxygens (including phenoxy) is 1. The van der Waals surface area contributed by atoms with Gasteiger partial charge in [-0.05, 0) is 49.4 Å². The van der Waals surface area contributed by atoms with Crippen molar-refractivity contribution in [3.63, 3.8) is 0 Å². The van der Waals surface area contributed by atoms with Crippen molar-refractivity contribution in [2.75, 3.05) is 23.5 Å². The lowest BCUT2D eigenvalue weighted by atomic mass is 10.2. The zero-order valence-electron chi connectivity index (χ0n) is 15.4. The Hall–Kier alpha value is -2.52. The summed E-state index contributed by atoms with van der Waals surface area (Å²) in [7, 11) is -2.18. The summed E-state index contributed by atoms with van der Waals surface area (Å²) in [6.07, 6.45) is -0.188. The molecule has 2 amide bonds. The molecule has 7 nitrogen and oxygen atoms in total. The molecule has 0 aliphatic carbocycles. The first kappa shape index (κ1) is 20.2. The molecular formula is C19H20N2O5S2. The van der Waals surface area contributed by atoms with Crippen molar-refractivity contribution in [1.29, 1.82) is 0 Å². The van der Waals surface area contributed by atoms with E-state index in [1.54, 1.807) is 37.4 Å². The van der Waals surface area contributed by atoms with Crippen LogP contribution in [0, 0.1) is 0 Å². The molecule has 0 spiro atoms. The van der Waals surface area contributed by atoms with E-state index >= 15 is 0 Å². The van der Waals surface area contributed by atoms with E-state index in [9.17, 15) is 18.0 Å². The van der Waals surface area contributed by atoms with Gasteiger partial charge in [-0.1, -0.05) is 0 Å². The molecule has 0 radical (unpaired) electrons. The number of rotatable bonds is 6. The van der Waals surface area contributed by atoms with Crippen molar-refractivity contribution < 1.29 is 22.7 Å². The van der Waals surface area contributed by atoms with Crippen LogP contribution in [0.25, 0.3) is 0 Å². The molecule has 28 heavy (non-hydrogen) atoms. The Morgan fingerprint density at radius 2 is 1.96 bits per heavy atom. The minimum Gasteiger partial charge on any atom is -0.497 e. The molecule has 2 aromatic carbocycles. The maximum atomic E-state index is 12.9. The quantitative estimate of drug-likeness (QED) is 0.745. The van der Waals surface area contributed by atoms with E-state index in [2.05, 4.69) is 10.6 Å². The van der Waals surface area contributed by atoms with E-state index in [4.69, 9.17) is 4.74 Å². The molecule has 0 bridgehead atoms. The van der Waals surface area contributed by atoms with E-state index in [1.807, 2.05) is 0 Å². The molecule has 0 unspecified atom stereocenters. The summed E-state index contributed by atoms with van der Waals surface area (Å²) >= 11 is 1.36. The number of carbonyl (C=O) groups is 2. The molecule has 9 heteroatoms. The van der Waals surface area contributed by atoms with Crippen LogP contribution in [0.4, 0.5) is 11.4 Å². The van der Waals surface area contributed by atoms with E-state index in [-0.39, 0.29) is 17.2 Å². The maximum Gasteiger partial charge on any atom is 0.234 e. The SMILES string of the molecule is COc1ccc(NC(=O)C[C@H](C)S(=O)(=O)c2ccc3c(c2)NC(=O)CS3)cc1. The zero-order valence-corrected chi connectivity index (χ0v) is 17.0. The van der Waals surface area contributed by atoms with Crippen molar-refractivity contribution in [3.8, 4) is 5.75 Å². The number of amides is 2. The number of benzene rings is 2. The topological polar surface area (TPSA) is 102 Å². The molecule has 0 saturated carbocycles. The summed E-state index contributed by atoms with van der Waals surface area (Å²) in [6.45, 7) is 1.50. The highest BCUT2D eigenvalue weighted by Crippen LogP contribution is 2.34. The predicted octanol–water partition coefficient (Wildman–Crippen LogP) is 2.93. The van der Waals surface area contributed by atoms with Gasteiger partial charge in [0.1, 0.15) is 5.75 Å². The molecule has 0 fully saturated rings. The van der Waals surface area contributed by atoms with Crippen LogP contribution in [0.15, 0.2) is 52.3 Å². The van der Waals surface area contributed by atoms with Gasteiger partial charge in [0.15, 0.2) is 9.84 Å². The number of fused-ring (bicyclic) bond motifs is 1. The van der Waals surface area contributed by atoms with Gasteiger partial charge < -0.3 is 15.4 Å². The van der Waals surface area contributed by atoms with Crippen molar-refractivity contribution >= 4 is 44.8 Å². The largest absolute Gasteiger partial charge is 0.497 e. The highest BCUT2D eigenvalue weighted by Gasteiger charge is 2.27. The van der Waals surface area contributed by atoms with Gasteiger partial charge in [0, 0.05) is 17.0 Å². The Morgan fingerprint density at radius 1 is 1.25 bits per heavy atom. The third kappa shape index (κ3) is 4.48. The van der Waals surface area contributed by atoms with Gasteiger partial charge in [0.05, 0.1) is 28.7 Å². The minimum absolute atomic E-state index is 0.0822. The van der Waals surface area contributed by atoms with Crippen LogP contribution in [-0.2, 0) is 19.4 Å². The Labute approximate surface area is 167 Å². The average Bonchev–Trinajstić information content (AvgIpc) is 2.67. The second-order valence-corrected chi connectivity index (χ2v) is 9.71. The smallest absolute Gasteiger partial charge is 0.234 e. The van der Waals surface area contributed by atoms with Gasteiger partial charge in [-0.2, -0.15) is 0 Å². The molecule has 1 atom stereocenters. The van der Waals surface area contributed by atoms with Crippen molar-refractivity contribution in [2.45, 2.75) is 28.4 Å². The number of hydrogen-bond acceptors (Lipinski definition) is 6. The lowest BCUT2D eigenvalue weighted by molar-refractivity contribution is -0.116. The van der Waals surface area contributed by atoms with Gasteiger partial charge in [0.2, 0.25) is 11.8 Å². The Bertz CT molecular complexity index is 1000. The fourth-order valence-corrected chi connectivity index (χ4v) is 4.89. The van der Waals surface area contributed by atoms with Crippen molar-refractivity contribution in [2.24, 2.45) is 0 Å². The molecule has 2 N–H and O–H groups in total. The third-order valence-corrected chi connectivity index (χ3v) is 7.50. The normalized spacial score (nSPS) is 14.6. The molecule has 0 saturated heterocycles. The Morgan fingerprint density at radius 3 is 2.64 bits per heavy atom. The van der Waals surface area contributed by atoms with E-state index in [1.165, 1.54) is 30.8 Å². The van der Waals surface area contributed by atoms with Crippen LogP contribution < -0.4 is 15.4 Å². The molecular weight excluding hydrogens is 400 g/mol. The molecule has 1 aliphatic rings.